The van der Waals surface area contributed by atoms with E-state index in [4.69, 9.17) is 11.2 Å². The average Bonchev–Trinajstić information content (AvgIpc) is 3.48. The molecule has 3 atom stereocenters. The molecular weight excluding hydrogens is 614 g/mol. The van der Waals surface area contributed by atoms with Crippen LogP contribution in [0.4, 0.5) is 23.4 Å². The van der Waals surface area contributed by atoms with Crippen LogP contribution in [-0.4, -0.2) is 81.9 Å². The van der Waals surface area contributed by atoms with E-state index in [0.717, 1.165) is 38.6 Å². The molecule has 2 saturated heterocycles. The number of aromatic hydroxyl groups is 1. The summed E-state index contributed by atoms with van der Waals surface area (Å²) in [5.74, 6) is -3.39. The Hall–Kier alpha value is -4.21. The van der Waals surface area contributed by atoms with E-state index < -0.39 is 43.0 Å². The minimum atomic E-state index is -3.13. The highest BCUT2D eigenvalue weighted by atomic mass is 19.3. The number of aromatic nitrogens is 3. The molecule has 0 spiro atoms. The molecule has 3 aliphatic rings. The minimum absolute atomic E-state index is 0.0122. The van der Waals surface area contributed by atoms with Crippen molar-refractivity contribution < 1.29 is 32.5 Å². The second-order valence-electron chi connectivity index (χ2n) is 13.3. The zero-order valence-corrected chi connectivity index (χ0v) is 25.9. The lowest BCUT2D eigenvalue weighted by Crippen LogP contribution is -2.50. The number of fused-ring (bicyclic) bond motifs is 3. The molecule has 47 heavy (non-hydrogen) atoms. The molecule has 1 saturated carbocycles. The third-order valence-electron chi connectivity index (χ3n) is 10.2. The Morgan fingerprint density at radius 2 is 1.96 bits per heavy atom. The van der Waals surface area contributed by atoms with E-state index in [0.29, 0.717) is 11.4 Å². The fourth-order valence-electron chi connectivity index (χ4n) is 8.14. The lowest BCUT2D eigenvalue weighted by Gasteiger charge is -2.44. The number of alkyl halides is 2. The summed E-state index contributed by atoms with van der Waals surface area (Å²) < 4.78 is 67.7. The van der Waals surface area contributed by atoms with E-state index in [2.05, 4.69) is 32.8 Å². The van der Waals surface area contributed by atoms with Crippen LogP contribution in [0.3, 0.4) is 0 Å². The summed E-state index contributed by atoms with van der Waals surface area (Å²) in [6.45, 7) is 0.181. The van der Waals surface area contributed by atoms with Crippen LogP contribution in [0.15, 0.2) is 30.5 Å². The van der Waals surface area contributed by atoms with E-state index >= 15 is 4.39 Å². The third-order valence-corrected chi connectivity index (χ3v) is 10.2. The van der Waals surface area contributed by atoms with Crippen molar-refractivity contribution in [2.24, 2.45) is 11.3 Å². The van der Waals surface area contributed by atoms with Crippen LogP contribution >= 0.6 is 0 Å². The Kier molecular flexibility index (Phi) is 7.88. The molecule has 7 rings (SSSR count). The van der Waals surface area contributed by atoms with Gasteiger partial charge < -0.3 is 24.7 Å². The van der Waals surface area contributed by atoms with Gasteiger partial charge in [-0.2, -0.15) is 9.97 Å². The first-order valence-electron chi connectivity index (χ1n) is 15.9. The molecule has 2 aliphatic heterocycles. The molecule has 8 nitrogen and oxygen atoms in total. The molecule has 12 heteroatoms. The molecule has 0 amide bonds. The van der Waals surface area contributed by atoms with Gasteiger partial charge in [0, 0.05) is 54.1 Å². The predicted octanol–water partition coefficient (Wildman–Crippen LogP) is 5.91. The van der Waals surface area contributed by atoms with Gasteiger partial charge in [0.05, 0.1) is 24.1 Å². The molecule has 2 aromatic carbocycles. The summed E-state index contributed by atoms with van der Waals surface area (Å²) in [5, 5.41) is 20.9. The minimum Gasteiger partial charge on any atom is -0.508 e. The van der Waals surface area contributed by atoms with Crippen molar-refractivity contribution in [2.75, 3.05) is 44.8 Å². The average molecular weight is 650 g/mol. The van der Waals surface area contributed by atoms with Gasteiger partial charge in [-0.05, 0) is 62.9 Å². The Labute approximate surface area is 269 Å². The highest BCUT2D eigenvalue weighted by molar-refractivity contribution is 6.03. The van der Waals surface area contributed by atoms with E-state index in [-0.39, 0.29) is 69.3 Å². The Bertz CT molecular complexity index is 1920. The number of pyridine rings is 1. The fourth-order valence-corrected chi connectivity index (χ4v) is 8.14. The number of phenolic OH excluding ortho intramolecular Hbond substituents is 1. The van der Waals surface area contributed by atoms with E-state index in [9.17, 15) is 23.4 Å². The maximum absolute atomic E-state index is 16.8. The van der Waals surface area contributed by atoms with Crippen LogP contribution in [0, 0.1) is 35.3 Å². The van der Waals surface area contributed by atoms with Crippen molar-refractivity contribution >= 4 is 27.5 Å². The largest absolute Gasteiger partial charge is 0.508 e. The lowest BCUT2D eigenvalue weighted by molar-refractivity contribution is -0.0375. The molecule has 1 aliphatic carbocycles. The molecule has 0 radical (unpaired) electrons. The van der Waals surface area contributed by atoms with Gasteiger partial charge >= 0.3 is 6.01 Å². The van der Waals surface area contributed by atoms with Crippen molar-refractivity contribution in [3.05, 3.63) is 47.7 Å². The number of aliphatic hydroxyl groups excluding tert-OH is 1. The van der Waals surface area contributed by atoms with E-state index in [1.165, 1.54) is 35.4 Å². The standard InChI is InChI=1S/C35H35F4N5O3/c1-3-23-26(36)8-7-21-12-22(46)13-24(28(21)23)30-29(37)31-25(15-40-30)32(44-16-20(17-45)14-35(38,39)18-44)42-33(41-31)47-19-34-9-4-6-27(34)43(2)11-5-10-34/h1,7-8,12-13,15,20,27,45-46H,4-6,9-11,14,16-19H2,2H3/t20-,27+,34+/m0/s1. The van der Waals surface area contributed by atoms with Gasteiger partial charge in [-0.25, -0.2) is 17.6 Å². The van der Waals surface area contributed by atoms with Crippen molar-refractivity contribution in [1.82, 2.24) is 19.9 Å². The number of rotatable bonds is 6. The number of piperidine rings is 2. The number of likely N-dealkylation sites (tertiary alicyclic amines) is 1. The number of anilines is 1. The van der Waals surface area contributed by atoms with Crippen molar-refractivity contribution in [3.63, 3.8) is 0 Å². The SMILES string of the molecule is C#Cc1c(F)ccc2cc(O)cc(-c3ncc4c(N5C[C@@H](CO)CC(F)(F)C5)nc(OC[C@]56CCC[C@H]5N(C)CCC6)nc4c3F)c12. The predicted molar refractivity (Wildman–Crippen MR) is 170 cm³/mol. The number of terminal acetylenes is 1. The number of phenols is 1. The molecule has 4 heterocycles. The number of ether oxygens (including phenoxy) is 1. The zero-order valence-electron chi connectivity index (χ0n) is 25.9. The zero-order chi connectivity index (χ0) is 33.1. The van der Waals surface area contributed by atoms with Crippen molar-refractivity contribution in [2.45, 2.75) is 50.5 Å². The van der Waals surface area contributed by atoms with Crippen LogP contribution in [0.1, 0.15) is 44.1 Å². The number of halogens is 4. The first kappa shape index (κ1) is 31.4. The van der Waals surface area contributed by atoms with Crippen LogP contribution in [0.2, 0.25) is 0 Å². The number of benzene rings is 2. The van der Waals surface area contributed by atoms with Crippen LogP contribution < -0.4 is 9.64 Å². The third kappa shape index (κ3) is 5.49. The maximum atomic E-state index is 16.8. The van der Waals surface area contributed by atoms with Crippen molar-refractivity contribution in [3.8, 4) is 35.4 Å². The van der Waals surface area contributed by atoms with Gasteiger partial charge in [-0.1, -0.05) is 18.4 Å². The van der Waals surface area contributed by atoms with Crippen LogP contribution in [-0.2, 0) is 0 Å². The Balaban J connectivity index is 1.39. The second kappa shape index (κ2) is 11.8. The van der Waals surface area contributed by atoms with Gasteiger partial charge in [0.25, 0.3) is 5.92 Å². The first-order chi connectivity index (χ1) is 22.5. The molecule has 2 aromatic heterocycles. The van der Waals surface area contributed by atoms with Gasteiger partial charge in [-0.15, -0.1) is 6.42 Å². The van der Waals surface area contributed by atoms with E-state index in [1.54, 1.807) is 0 Å². The second-order valence-corrected chi connectivity index (χ2v) is 13.3. The van der Waals surface area contributed by atoms with Crippen LogP contribution in [0.25, 0.3) is 32.9 Å². The normalized spacial score (nSPS) is 24.4. The highest BCUT2D eigenvalue weighted by Crippen LogP contribution is 2.48. The summed E-state index contributed by atoms with van der Waals surface area (Å²) >= 11 is 0. The molecule has 0 unspecified atom stereocenters. The van der Waals surface area contributed by atoms with Gasteiger partial charge in [0.2, 0.25) is 0 Å². The summed E-state index contributed by atoms with van der Waals surface area (Å²) in [6, 6.07) is 5.38. The quantitative estimate of drug-likeness (QED) is 0.197. The summed E-state index contributed by atoms with van der Waals surface area (Å²) in [7, 11) is 2.11. The number of nitrogens with zero attached hydrogens (tertiary/aromatic N) is 5. The Morgan fingerprint density at radius 1 is 1.15 bits per heavy atom. The first-order valence-corrected chi connectivity index (χ1v) is 15.9. The monoisotopic (exact) mass is 649 g/mol. The smallest absolute Gasteiger partial charge is 0.319 e. The summed E-state index contributed by atoms with van der Waals surface area (Å²) in [6.07, 6.45) is 11.5. The molecule has 3 fully saturated rings. The summed E-state index contributed by atoms with van der Waals surface area (Å²) in [4.78, 5) is 17.0. The molecule has 4 aromatic rings. The number of aliphatic hydroxyl groups is 1. The van der Waals surface area contributed by atoms with Gasteiger partial charge in [0.1, 0.15) is 28.6 Å². The maximum Gasteiger partial charge on any atom is 0.319 e. The van der Waals surface area contributed by atoms with Gasteiger partial charge in [-0.3, -0.25) is 4.98 Å². The summed E-state index contributed by atoms with van der Waals surface area (Å²) in [5.41, 5.74) is -0.724. The van der Waals surface area contributed by atoms with E-state index in [1.807, 2.05) is 0 Å². The number of hydrogen-bond acceptors (Lipinski definition) is 8. The fraction of sp³-hybridized carbons (Fsp3) is 0.457. The number of hydrogen-bond donors (Lipinski definition) is 2. The highest BCUT2D eigenvalue weighted by Gasteiger charge is 2.47. The van der Waals surface area contributed by atoms with Gasteiger partial charge in [0.15, 0.2) is 5.82 Å². The molecular formula is C35H35F4N5O3. The molecule has 0 bridgehead atoms. The topological polar surface area (TPSA) is 94.8 Å². The lowest BCUT2D eigenvalue weighted by atomic mass is 9.76. The molecule has 246 valence electrons. The van der Waals surface area contributed by atoms with Crippen molar-refractivity contribution in [1.29, 1.82) is 0 Å². The molecule has 2 N–H and O–H groups in total. The Morgan fingerprint density at radius 3 is 2.74 bits per heavy atom. The van der Waals surface area contributed by atoms with Crippen LogP contribution in [0.5, 0.6) is 11.8 Å².